The van der Waals surface area contributed by atoms with E-state index >= 15 is 0 Å². The number of hydrogen-bond acceptors (Lipinski definition) is 6. The van der Waals surface area contributed by atoms with E-state index in [1.807, 2.05) is 6.07 Å². The Morgan fingerprint density at radius 2 is 1.06 bits per heavy atom. The zero-order valence-corrected chi connectivity index (χ0v) is 28.4. The second-order valence-corrected chi connectivity index (χ2v) is 12.8. The van der Waals surface area contributed by atoms with E-state index in [-0.39, 0.29) is 0 Å². The number of aromatic nitrogens is 7. The van der Waals surface area contributed by atoms with Gasteiger partial charge in [0.1, 0.15) is 12.7 Å². The molecule has 0 atom stereocenters. The maximum Gasteiger partial charge on any atom is 0.162 e. The minimum atomic E-state index is 0.632. The van der Waals surface area contributed by atoms with E-state index < -0.39 is 0 Å². The lowest BCUT2D eigenvalue weighted by molar-refractivity contribution is 1.06. The van der Waals surface area contributed by atoms with Crippen molar-refractivity contribution in [1.82, 2.24) is 34.1 Å². The molecule has 0 aliphatic heterocycles. The Morgan fingerprint density at radius 3 is 1.72 bits per heavy atom. The number of para-hydroxylation sites is 2. The molecule has 0 aliphatic carbocycles. The summed E-state index contributed by atoms with van der Waals surface area (Å²) < 4.78 is 4.70. The number of anilines is 3. The molecule has 53 heavy (non-hydrogen) atoms. The average molecular weight is 683 g/mol. The van der Waals surface area contributed by atoms with Gasteiger partial charge < -0.3 is 14.0 Å². The van der Waals surface area contributed by atoms with Crippen LogP contribution in [0.3, 0.4) is 0 Å². The van der Waals surface area contributed by atoms with Gasteiger partial charge in [0, 0.05) is 74.3 Å². The van der Waals surface area contributed by atoms with E-state index in [0.29, 0.717) is 11.6 Å². The monoisotopic (exact) mass is 682 g/mol. The number of rotatable bonds is 7. The highest BCUT2D eigenvalue weighted by atomic mass is 15.1. The summed E-state index contributed by atoms with van der Waals surface area (Å²) in [7, 11) is 0. The predicted molar refractivity (Wildman–Crippen MR) is 212 cm³/mol. The minimum Gasteiger partial charge on any atom is -0.315 e. The molecule has 0 spiro atoms. The maximum atomic E-state index is 4.47. The first-order valence-electron chi connectivity index (χ1n) is 17.4. The van der Waals surface area contributed by atoms with Crippen molar-refractivity contribution >= 4 is 49.8 Å². The van der Waals surface area contributed by atoms with Crippen molar-refractivity contribution in [3.05, 3.63) is 183 Å². The van der Waals surface area contributed by atoms with E-state index in [1.54, 1.807) is 12.4 Å². The van der Waals surface area contributed by atoms with E-state index in [0.717, 1.165) is 56.0 Å². The summed E-state index contributed by atoms with van der Waals surface area (Å²) in [6, 6.07) is 53.2. The summed E-state index contributed by atoms with van der Waals surface area (Å²) in [5.41, 5.74) is 10.6. The van der Waals surface area contributed by atoms with E-state index in [2.05, 4.69) is 191 Å². The van der Waals surface area contributed by atoms with Crippen LogP contribution in [0.25, 0.3) is 66.9 Å². The predicted octanol–water partition coefficient (Wildman–Crippen LogP) is 10.5. The second-order valence-electron chi connectivity index (χ2n) is 12.8. The Morgan fingerprint density at radius 1 is 0.453 bits per heavy atom. The first kappa shape index (κ1) is 30.4. The maximum absolute atomic E-state index is 4.47. The molecule has 8 nitrogen and oxygen atoms in total. The molecule has 0 bridgehead atoms. The van der Waals surface area contributed by atoms with Crippen LogP contribution in [0.5, 0.6) is 0 Å². The highest BCUT2D eigenvalue weighted by molar-refractivity contribution is 6.19. The van der Waals surface area contributed by atoms with Gasteiger partial charge in [-0.25, -0.2) is 24.9 Å². The third-order valence-corrected chi connectivity index (χ3v) is 9.69. The number of fused-ring (bicyclic) bond motifs is 5. The van der Waals surface area contributed by atoms with Gasteiger partial charge in [-0.1, -0.05) is 48.5 Å². The van der Waals surface area contributed by atoms with Crippen molar-refractivity contribution in [2.24, 2.45) is 0 Å². The smallest absolute Gasteiger partial charge is 0.162 e. The van der Waals surface area contributed by atoms with Gasteiger partial charge in [-0.05, 0) is 103 Å². The van der Waals surface area contributed by atoms with Crippen molar-refractivity contribution < 1.29 is 0 Å². The zero-order valence-electron chi connectivity index (χ0n) is 28.4. The molecule has 0 N–H and O–H groups in total. The largest absolute Gasteiger partial charge is 0.315 e. The molecule has 0 radical (unpaired) electrons. The number of nitrogens with zero attached hydrogens (tertiary/aromatic N) is 8. The van der Waals surface area contributed by atoms with Gasteiger partial charge in [0.05, 0.1) is 16.6 Å². The summed E-state index contributed by atoms with van der Waals surface area (Å²) in [5, 5.41) is 3.52. The first-order chi connectivity index (χ1) is 26.3. The molecule has 0 unspecified atom stereocenters. The highest BCUT2D eigenvalue weighted by Crippen LogP contribution is 2.42. The third-order valence-electron chi connectivity index (χ3n) is 9.69. The molecule has 0 fully saturated rings. The lowest BCUT2D eigenvalue weighted by atomic mass is 10.1. The van der Waals surface area contributed by atoms with Gasteiger partial charge in [0.2, 0.25) is 0 Å². The molecule has 0 saturated carbocycles. The summed E-state index contributed by atoms with van der Waals surface area (Å²) >= 11 is 0. The van der Waals surface area contributed by atoms with Crippen LogP contribution in [0.15, 0.2) is 183 Å². The van der Waals surface area contributed by atoms with Crippen molar-refractivity contribution in [3.63, 3.8) is 0 Å². The third kappa shape index (κ3) is 5.28. The van der Waals surface area contributed by atoms with Crippen LogP contribution in [0.2, 0.25) is 0 Å². The molecule has 4 heterocycles. The summed E-state index contributed by atoms with van der Waals surface area (Å²) in [4.78, 5) is 23.9. The first-order valence-corrected chi connectivity index (χ1v) is 17.4. The minimum absolute atomic E-state index is 0.632. The van der Waals surface area contributed by atoms with E-state index in [1.165, 1.54) is 28.9 Å². The Balaban J connectivity index is 1.19. The lowest BCUT2D eigenvalue weighted by Gasteiger charge is -2.26. The van der Waals surface area contributed by atoms with Gasteiger partial charge in [0.25, 0.3) is 0 Å². The fourth-order valence-electron chi connectivity index (χ4n) is 7.30. The van der Waals surface area contributed by atoms with Crippen molar-refractivity contribution in [2.45, 2.75) is 0 Å². The van der Waals surface area contributed by atoms with Crippen LogP contribution >= 0.6 is 0 Å². The molecule has 10 aromatic rings. The van der Waals surface area contributed by atoms with E-state index in [9.17, 15) is 0 Å². The average Bonchev–Trinajstić information content (AvgIpc) is 3.82. The van der Waals surface area contributed by atoms with Crippen LogP contribution in [0, 0.1) is 0 Å². The van der Waals surface area contributed by atoms with Gasteiger partial charge in [0.15, 0.2) is 11.6 Å². The molecule has 250 valence electrons. The molecule has 10 rings (SSSR count). The Kier molecular flexibility index (Phi) is 7.28. The molecular weight excluding hydrogens is 653 g/mol. The standard InChI is InChI=1S/C45H30N8/c1-3-8-34(9-4-1)51-27-24-31-16-22-39-40-28-38(21-23-41(40)53(43(39)42(31)51)35-10-5-2-6-11-35)52(36-17-12-32(13-18-36)44-47-25-7-26-48-44)37-19-14-33(15-20-37)45-49-29-46-30-50-45/h1-30H. The fraction of sp³-hybridized carbons (Fsp3) is 0. The molecule has 6 aromatic carbocycles. The summed E-state index contributed by atoms with van der Waals surface area (Å²) in [6.45, 7) is 0. The van der Waals surface area contributed by atoms with Gasteiger partial charge >= 0.3 is 0 Å². The Bertz CT molecular complexity index is 2770. The van der Waals surface area contributed by atoms with Gasteiger partial charge in [-0.2, -0.15) is 0 Å². The molecule has 0 amide bonds. The number of hydrogen-bond donors (Lipinski definition) is 0. The topological polar surface area (TPSA) is 77.6 Å². The van der Waals surface area contributed by atoms with Crippen LogP contribution in [-0.4, -0.2) is 34.1 Å². The SMILES string of the molecule is c1ccc(-n2ccc3ccc4c5cc(N(c6ccc(-c7ncccn7)cc6)c6ccc(-c7ncncn7)cc6)ccc5n(-c5ccccc5)c4c32)cc1. The second kappa shape index (κ2) is 12.7. The summed E-state index contributed by atoms with van der Waals surface area (Å²) in [5.74, 6) is 1.32. The highest BCUT2D eigenvalue weighted by Gasteiger charge is 2.21. The molecular formula is C45H30N8. The fourth-order valence-corrected chi connectivity index (χ4v) is 7.30. The number of benzene rings is 6. The molecule has 4 aromatic heterocycles. The quantitative estimate of drug-likeness (QED) is 0.167. The van der Waals surface area contributed by atoms with Crippen molar-refractivity contribution in [3.8, 4) is 34.2 Å². The van der Waals surface area contributed by atoms with Crippen LogP contribution in [0.1, 0.15) is 0 Å². The Hall–Kier alpha value is -7.45. The van der Waals surface area contributed by atoms with Gasteiger partial charge in [-0.3, -0.25) is 0 Å². The van der Waals surface area contributed by atoms with Crippen LogP contribution < -0.4 is 4.90 Å². The molecule has 0 aliphatic rings. The van der Waals surface area contributed by atoms with Crippen molar-refractivity contribution in [2.75, 3.05) is 4.90 Å². The van der Waals surface area contributed by atoms with Crippen LogP contribution in [-0.2, 0) is 0 Å². The normalized spacial score (nSPS) is 11.4. The lowest BCUT2D eigenvalue weighted by Crippen LogP contribution is -2.10. The van der Waals surface area contributed by atoms with E-state index in [4.69, 9.17) is 0 Å². The van der Waals surface area contributed by atoms with Crippen LogP contribution in [0.4, 0.5) is 17.1 Å². The van der Waals surface area contributed by atoms with Crippen molar-refractivity contribution in [1.29, 1.82) is 0 Å². The van der Waals surface area contributed by atoms with Gasteiger partial charge in [-0.15, -0.1) is 0 Å². The Labute approximate surface area is 305 Å². The molecule has 0 saturated heterocycles. The summed E-state index contributed by atoms with van der Waals surface area (Å²) in [6.07, 6.45) is 8.74. The molecule has 8 heteroatoms. The zero-order chi connectivity index (χ0) is 35.1.